The highest BCUT2D eigenvalue weighted by Crippen LogP contribution is 2.22. The van der Waals surface area contributed by atoms with E-state index in [1.165, 1.54) is 16.8 Å². The van der Waals surface area contributed by atoms with Crippen LogP contribution >= 0.6 is 15.9 Å². The second-order valence-corrected chi connectivity index (χ2v) is 6.02. The summed E-state index contributed by atoms with van der Waals surface area (Å²) < 4.78 is 2.29. The molecule has 0 aliphatic rings. The Kier molecular flexibility index (Phi) is 4.28. The number of fused-ring (bicyclic) bond motifs is 1. The van der Waals surface area contributed by atoms with Gasteiger partial charge in [-0.3, -0.25) is 9.89 Å². The molecule has 6 nitrogen and oxygen atoms in total. The van der Waals surface area contributed by atoms with Crippen molar-refractivity contribution in [1.82, 2.24) is 19.9 Å². The van der Waals surface area contributed by atoms with Crippen LogP contribution in [0.1, 0.15) is 29.8 Å². The molecule has 0 saturated heterocycles. The number of nitriles is 1. The van der Waals surface area contributed by atoms with Crippen LogP contribution in [-0.4, -0.2) is 14.6 Å². The standard InChI is InChI=1S/C16H14BrN5O/c1-10(13-4-2-3-5-14(13)17)19-9-12-6-15(23)22-16(21-12)11(7-18)8-20-22/h2-6,8,10,19-20H,9H2,1H3/t10-/m1/s1. The lowest BCUT2D eigenvalue weighted by Gasteiger charge is -2.15. The number of hydrogen-bond acceptors (Lipinski definition) is 4. The zero-order chi connectivity index (χ0) is 16.4. The number of benzene rings is 1. The summed E-state index contributed by atoms with van der Waals surface area (Å²) in [7, 11) is 0. The van der Waals surface area contributed by atoms with E-state index < -0.39 is 0 Å². The van der Waals surface area contributed by atoms with Gasteiger partial charge in [0.1, 0.15) is 11.6 Å². The summed E-state index contributed by atoms with van der Waals surface area (Å²) in [6, 6.07) is 11.5. The van der Waals surface area contributed by atoms with Gasteiger partial charge in [-0.2, -0.15) is 5.26 Å². The van der Waals surface area contributed by atoms with Crippen molar-refractivity contribution in [3.05, 3.63) is 68.2 Å². The maximum atomic E-state index is 12.0. The number of rotatable bonds is 4. The molecule has 0 saturated carbocycles. The van der Waals surface area contributed by atoms with Gasteiger partial charge in [-0.15, -0.1) is 0 Å². The molecule has 1 atom stereocenters. The van der Waals surface area contributed by atoms with E-state index in [0.29, 0.717) is 23.4 Å². The van der Waals surface area contributed by atoms with E-state index in [1.54, 1.807) is 0 Å². The molecule has 0 aliphatic carbocycles. The van der Waals surface area contributed by atoms with Crippen LogP contribution in [0.25, 0.3) is 5.65 Å². The summed E-state index contributed by atoms with van der Waals surface area (Å²) in [6.07, 6.45) is 1.48. The van der Waals surface area contributed by atoms with Crippen LogP contribution in [0.4, 0.5) is 0 Å². The molecule has 0 bridgehead atoms. The molecule has 2 N–H and O–H groups in total. The first-order valence-corrected chi connectivity index (χ1v) is 7.87. The van der Waals surface area contributed by atoms with Crippen LogP contribution in [0.3, 0.4) is 0 Å². The first-order valence-electron chi connectivity index (χ1n) is 7.08. The third kappa shape index (κ3) is 3.04. The van der Waals surface area contributed by atoms with Gasteiger partial charge >= 0.3 is 0 Å². The SMILES string of the molecule is C[C@@H](NCc1cc(=O)n2[nH]cc(C#N)c2n1)c1ccccc1Br. The smallest absolute Gasteiger partial charge is 0.272 e. The number of halogens is 1. The fourth-order valence-electron chi connectivity index (χ4n) is 2.40. The van der Waals surface area contributed by atoms with Crippen LogP contribution in [0.15, 0.2) is 45.8 Å². The van der Waals surface area contributed by atoms with Gasteiger partial charge in [0, 0.05) is 29.3 Å². The highest BCUT2D eigenvalue weighted by atomic mass is 79.9. The minimum absolute atomic E-state index is 0.0903. The quantitative estimate of drug-likeness (QED) is 0.737. The Hall–Kier alpha value is -2.43. The average Bonchev–Trinajstić information content (AvgIpc) is 2.96. The van der Waals surface area contributed by atoms with Gasteiger partial charge in [0.2, 0.25) is 0 Å². The first kappa shape index (κ1) is 15.5. The largest absolute Gasteiger partial charge is 0.305 e. The van der Waals surface area contributed by atoms with Crippen molar-refractivity contribution in [2.75, 3.05) is 0 Å². The van der Waals surface area contributed by atoms with E-state index in [1.807, 2.05) is 37.3 Å². The highest BCUT2D eigenvalue weighted by Gasteiger charge is 2.11. The normalized spacial score (nSPS) is 12.2. The first-order chi connectivity index (χ1) is 11.1. The zero-order valence-corrected chi connectivity index (χ0v) is 14.0. The Labute approximate surface area is 140 Å². The third-order valence-corrected chi connectivity index (χ3v) is 4.35. The molecule has 0 radical (unpaired) electrons. The van der Waals surface area contributed by atoms with Gasteiger partial charge in [0.25, 0.3) is 5.56 Å². The fourth-order valence-corrected chi connectivity index (χ4v) is 3.02. The minimum Gasteiger partial charge on any atom is -0.305 e. The minimum atomic E-state index is -0.234. The fraction of sp³-hybridized carbons (Fsp3) is 0.188. The van der Waals surface area contributed by atoms with Gasteiger partial charge < -0.3 is 5.32 Å². The molecule has 116 valence electrons. The zero-order valence-electron chi connectivity index (χ0n) is 12.4. The molecule has 3 aromatic rings. The molecule has 2 aromatic heterocycles. The molecule has 3 rings (SSSR count). The highest BCUT2D eigenvalue weighted by molar-refractivity contribution is 9.10. The summed E-state index contributed by atoms with van der Waals surface area (Å²) in [5, 5.41) is 15.1. The van der Waals surface area contributed by atoms with Crippen LogP contribution in [-0.2, 0) is 6.54 Å². The number of aromatic amines is 1. The van der Waals surface area contributed by atoms with Crippen LogP contribution < -0.4 is 10.9 Å². The van der Waals surface area contributed by atoms with Crippen LogP contribution in [0.2, 0.25) is 0 Å². The van der Waals surface area contributed by atoms with E-state index >= 15 is 0 Å². The molecular formula is C16H14BrN5O. The van der Waals surface area contributed by atoms with Crippen LogP contribution in [0.5, 0.6) is 0 Å². The second kappa shape index (κ2) is 6.36. The Morgan fingerprint density at radius 1 is 1.48 bits per heavy atom. The van der Waals surface area contributed by atoms with Crippen molar-refractivity contribution < 1.29 is 0 Å². The molecule has 2 heterocycles. The van der Waals surface area contributed by atoms with E-state index in [0.717, 1.165) is 10.0 Å². The number of nitrogens with one attached hydrogen (secondary N) is 2. The maximum absolute atomic E-state index is 12.0. The van der Waals surface area contributed by atoms with Crippen molar-refractivity contribution in [1.29, 1.82) is 5.26 Å². The Bertz CT molecular complexity index is 953. The topological polar surface area (TPSA) is 86.0 Å². The predicted octanol–water partition coefficient (Wildman–Crippen LogP) is 2.51. The van der Waals surface area contributed by atoms with Crippen molar-refractivity contribution in [3.8, 4) is 6.07 Å². The van der Waals surface area contributed by atoms with E-state index in [9.17, 15) is 4.79 Å². The lowest BCUT2D eigenvalue weighted by atomic mass is 10.1. The second-order valence-electron chi connectivity index (χ2n) is 5.17. The van der Waals surface area contributed by atoms with E-state index in [2.05, 4.69) is 31.3 Å². The molecule has 0 amide bonds. The number of hydrogen-bond donors (Lipinski definition) is 2. The van der Waals surface area contributed by atoms with Gasteiger partial charge in [-0.05, 0) is 18.6 Å². The molecule has 0 unspecified atom stereocenters. The summed E-state index contributed by atoms with van der Waals surface area (Å²) in [4.78, 5) is 16.4. The Balaban J connectivity index is 1.84. The van der Waals surface area contributed by atoms with Crippen molar-refractivity contribution in [2.24, 2.45) is 0 Å². The lowest BCUT2D eigenvalue weighted by Crippen LogP contribution is -2.22. The summed E-state index contributed by atoms with van der Waals surface area (Å²) in [5.41, 5.74) is 2.20. The molecule has 7 heteroatoms. The summed E-state index contributed by atoms with van der Waals surface area (Å²) in [5.74, 6) is 0. The van der Waals surface area contributed by atoms with Crippen molar-refractivity contribution in [3.63, 3.8) is 0 Å². The predicted molar refractivity (Wildman–Crippen MR) is 89.9 cm³/mol. The van der Waals surface area contributed by atoms with Crippen molar-refractivity contribution >= 4 is 21.6 Å². The monoisotopic (exact) mass is 371 g/mol. The van der Waals surface area contributed by atoms with E-state index in [4.69, 9.17) is 5.26 Å². The molecule has 1 aromatic carbocycles. The number of nitrogens with zero attached hydrogens (tertiary/aromatic N) is 3. The molecule has 0 spiro atoms. The Morgan fingerprint density at radius 2 is 2.26 bits per heavy atom. The molecular weight excluding hydrogens is 358 g/mol. The average molecular weight is 372 g/mol. The Morgan fingerprint density at radius 3 is 3.00 bits per heavy atom. The maximum Gasteiger partial charge on any atom is 0.272 e. The van der Waals surface area contributed by atoms with Gasteiger partial charge in [-0.1, -0.05) is 34.1 Å². The lowest BCUT2D eigenvalue weighted by molar-refractivity contribution is 0.565. The van der Waals surface area contributed by atoms with Gasteiger partial charge in [0.05, 0.1) is 5.69 Å². The molecule has 23 heavy (non-hydrogen) atoms. The molecule has 0 fully saturated rings. The molecule has 0 aliphatic heterocycles. The summed E-state index contributed by atoms with van der Waals surface area (Å²) in [6.45, 7) is 2.48. The van der Waals surface area contributed by atoms with Gasteiger partial charge in [0.15, 0.2) is 5.65 Å². The number of H-pyrrole nitrogens is 1. The van der Waals surface area contributed by atoms with Crippen LogP contribution in [0, 0.1) is 11.3 Å². The van der Waals surface area contributed by atoms with E-state index in [-0.39, 0.29) is 11.6 Å². The number of aromatic nitrogens is 3. The third-order valence-electron chi connectivity index (χ3n) is 3.63. The summed E-state index contributed by atoms with van der Waals surface area (Å²) >= 11 is 3.53. The van der Waals surface area contributed by atoms with Gasteiger partial charge in [-0.25, -0.2) is 9.50 Å². The van der Waals surface area contributed by atoms with Crippen molar-refractivity contribution in [2.45, 2.75) is 19.5 Å².